The molecule has 0 amide bonds. The second kappa shape index (κ2) is 9.87. The van der Waals surface area contributed by atoms with Gasteiger partial charge in [0, 0.05) is 7.92 Å². The van der Waals surface area contributed by atoms with E-state index in [1.165, 1.54) is 0 Å². The lowest BCUT2D eigenvalue weighted by Crippen LogP contribution is -2.54. The van der Waals surface area contributed by atoms with Crippen molar-refractivity contribution in [2.45, 2.75) is 36.0 Å². The molecule has 0 bridgehead atoms. The first-order valence-electron chi connectivity index (χ1n) is 9.28. The molecule has 0 unspecified atom stereocenters. The van der Waals surface area contributed by atoms with Crippen LogP contribution in [0.3, 0.4) is 0 Å². The van der Waals surface area contributed by atoms with Crippen LogP contribution < -0.4 is 10.6 Å². The van der Waals surface area contributed by atoms with E-state index < -0.39 is 77.3 Å². The molecule has 2 aromatic carbocycles. The summed E-state index contributed by atoms with van der Waals surface area (Å²) >= 11 is 0. The monoisotopic (exact) mass is 602 g/mol. The van der Waals surface area contributed by atoms with E-state index in [0.29, 0.717) is 0 Å². The van der Waals surface area contributed by atoms with E-state index in [1.54, 1.807) is 0 Å². The maximum atomic E-state index is 15.1. The van der Waals surface area contributed by atoms with E-state index in [0.717, 1.165) is 0 Å². The van der Waals surface area contributed by atoms with Gasteiger partial charge in [-0.1, -0.05) is 24.3 Å². The molecule has 0 nitrogen and oxygen atoms in total. The van der Waals surface area contributed by atoms with Crippen molar-refractivity contribution in [2.75, 3.05) is 0 Å². The Bertz CT molecular complexity index is 1080. The standard InChI is InChI=1S/C20H8F17P/c21-13(15(23,19(32,33)34)20(35,36)37)14(22)18(30,31)38(11-5-1-9(2-6-11)16(24,25)26)12-7-3-10(4-8-12)17(27,28)29/h1-8H/b14-13+. The zero-order chi connectivity index (χ0) is 29.7. The molecular weight excluding hydrogens is 594 g/mol. The normalized spacial score (nSPS) is 15.1. The molecule has 0 aromatic heterocycles. The molecule has 0 heterocycles. The summed E-state index contributed by atoms with van der Waals surface area (Å²) < 4.78 is 226. The molecule has 2 aromatic rings. The summed E-state index contributed by atoms with van der Waals surface area (Å²) in [5.74, 6) is -8.87. The van der Waals surface area contributed by atoms with Gasteiger partial charge >= 0.3 is 36.0 Å². The minimum absolute atomic E-state index is 0.0771. The van der Waals surface area contributed by atoms with Crippen molar-refractivity contribution in [1.29, 1.82) is 0 Å². The van der Waals surface area contributed by atoms with Gasteiger partial charge in [-0.05, 0) is 34.9 Å². The third-order valence-corrected chi connectivity index (χ3v) is 7.11. The van der Waals surface area contributed by atoms with Crippen LogP contribution in [-0.2, 0) is 12.4 Å². The predicted molar refractivity (Wildman–Crippen MR) is 99.2 cm³/mol. The Balaban J connectivity index is 2.84. The summed E-state index contributed by atoms with van der Waals surface area (Å²) in [6.07, 6.45) is -24.9. The molecule has 0 atom stereocenters. The molecule has 0 spiro atoms. The van der Waals surface area contributed by atoms with Crippen molar-refractivity contribution in [3.8, 4) is 0 Å². The van der Waals surface area contributed by atoms with Gasteiger partial charge in [0.1, 0.15) is 0 Å². The molecule has 38 heavy (non-hydrogen) atoms. The zero-order valence-electron chi connectivity index (χ0n) is 17.5. The SMILES string of the molecule is F/C(=C(/F)C(F)(C(F)(F)F)C(F)(F)F)C(F)(F)P(c1ccc(C(F)(F)F)cc1)c1ccc(C(F)(F)F)cc1. The highest BCUT2D eigenvalue weighted by Crippen LogP contribution is 2.59. The highest BCUT2D eigenvalue weighted by atomic mass is 31.1. The number of hydrogen-bond donors (Lipinski definition) is 0. The van der Waals surface area contributed by atoms with Gasteiger partial charge < -0.3 is 0 Å². The molecule has 0 aliphatic carbocycles. The maximum absolute atomic E-state index is 15.1. The van der Waals surface area contributed by atoms with Crippen LogP contribution in [0.5, 0.6) is 0 Å². The topological polar surface area (TPSA) is 0 Å². The number of hydrogen-bond acceptors (Lipinski definition) is 0. The van der Waals surface area contributed by atoms with Gasteiger partial charge in [0.25, 0.3) is 0 Å². The van der Waals surface area contributed by atoms with Crippen molar-refractivity contribution < 1.29 is 74.6 Å². The third-order valence-electron chi connectivity index (χ3n) is 4.73. The van der Waals surface area contributed by atoms with Crippen LogP contribution >= 0.6 is 7.92 Å². The molecular formula is C20H8F17P. The molecule has 212 valence electrons. The second-order valence-electron chi connectivity index (χ2n) is 7.25. The van der Waals surface area contributed by atoms with Gasteiger partial charge in [-0.25, -0.2) is 13.2 Å². The first-order valence-corrected chi connectivity index (χ1v) is 10.6. The fourth-order valence-electron chi connectivity index (χ4n) is 2.86. The fourth-order valence-corrected chi connectivity index (χ4v) is 5.00. The van der Waals surface area contributed by atoms with E-state index in [9.17, 15) is 65.9 Å². The largest absolute Gasteiger partial charge is 0.438 e. The van der Waals surface area contributed by atoms with Gasteiger partial charge in [-0.3, -0.25) is 0 Å². The molecule has 0 aliphatic heterocycles. The Morgan fingerprint density at radius 1 is 0.447 bits per heavy atom. The average molecular weight is 602 g/mol. The summed E-state index contributed by atoms with van der Waals surface area (Å²) in [6.45, 7) is 0. The molecule has 0 saturated heterocycles. The van der Waals surface area contributed by atoms with Gasteiger partial charge in [-0.2, -0.15) is 61.5 Å². The molecule has 18 heteroatoms. The minimum Gasteiger partial charge on any atom is -0.215 e. The molecule has 2 rings (SSSR count). The highest BCUT2D eigenvalue weighted by molar-refractivity contribution is 7.74. The quantitative estimate of drug-likeness (QED) is 0.237. The van der Waals surface area contributed by atoms with Gasteiger partial charge in [0.15, 0.2) is 5.83 Å². The summed E-state index contributed by atoms with van der Waals surface area (Å²) in [5.41, 5.74) is -16.2. The predicted octanol–water partition coefficient (Wildman–Crippen LogP) is 8.73. The average Bonchev–Trinajstić information content (AvgIpc) is 2.75. The zero-order valence-corrected chi connectivity index (χ0v) is 18.4. The van der Waals surface area contributed by atoms with Crippen LogP contribution in [0, 0.1) is 0 Å². The van der Waals surface area contributed by atoms with Crippen LogP contribution in [0.2, 0.25) is 0 Å². The van der Waals surface area contributed by atoms with Crippen LogP contribution in [0.15, 0.2) is 60.2 Å². The van der Waals surface area contributed by atoms with Crippen LogP contribution in [0.25, 0.3) is 0 Å². The molecule has 0 fully saturated rings. The maximum Gasteiger partial charge on any atom is 0.438 e. The van der Waals surface area contributed by atoms with Crippen LogP contribution in [0.4, 0.5) is 74.6 Å². The summed E-state index contributed by atoms with van der Waals surface area (Å²) in [4.78, 5) is 0. The highest BCUT2D eigenvalue weighted by Gasteiger charge is 2.77. The number of alkyl halides is 15. The third kappa shape index (κ3) is 5.86. The summed E-state index contributed by atoms with van der Waals surface area (Å²) in [6, 6.07) is 0.981. The van der Waals surface area contributed by atoms with Crippen molar-refractivity contribution >= 4 is 18.5 Å². The van der Waals surface area contributed by atoms with Crippen molar-refractivity contribution in [3.05, 3.63) is 71.3 Å². The van der Waals surface area contributed by atoms with E-state index in [1.807, 2.05) is 0 Å². The summed E-state index contributed by atoms with van der Waals surface area (Å²) in [5, 5.41) is -2.33. The van der Waals surface area contributed by atoms with Crippen molar-refractivity contribution in [1.82, 2.24) is 0 Å². The molecule has 0 radical (unpaired) electrons. The lowest BCUT2D eigenvalue weighted by atomic mass is 10.0. The Hall–Kier alpha value is -2.58. The number of rotatable bonds is 5. The van der Waals surface area contributed by atoms with Crippen LogP contribution in [0.1, 0.15) is 11.1 Å². The van der Waals surface area contributed by atoms with Crippen molar-refractivity contribution in [3.63, 3.8) is 0 Å². The smallest absolute Gasteiger partial charge is 0.215 e. The lowest BCUT2D eigenvalue weighted by Gasteiger charge is -2.32. The van der Waals surface area contributed by atoms with Gasteiger partial charge in [0.05, 0.1) is 11.1 Å². The first kappa shape index (κ1) is 31.6. The fraction of sp³-hybridized carbons (Fsp3) is 0.300. The molecule has 0 N–H and O–H groups in total. The second-order valence-corrected chi connectivity index (χ2v) is 9.51. The number of halogens is 17. The first-order chi connectivity index (χ1) is 16.9. The lowest BCUT2D eigenvalue weighted by molar-refractivity contribution is -0.332. The Morgan fingerprint density at radius 2 is 0.737 bits per heavy atom. The molecule has 0 aliphatic rings. The van der Waals surface area contributed by atoms with Crippen LogP contribution in [-0.4, -0.2) is 23.7 Å². The van der Waals surface area contributed by atoms with Crippen molar-refractivity contribution in [2.24, 2.45) is 0 Å². The number of benzene rings is 2. The van der Waals surface area contributed by atoms with Gasteiger partial charge in [-0.15, -0.1) is 0 Å². The Kier molecular flexibility index (Phi) is 8.21. The minimum atomic E-state index is -7.35. The van der Waals surface area contributed by atoms with E-state index in [-0.39, 0.29) is 48.5 Å². The summed E-state index contributed by atoms with van der Waals surface area (Å²) in [7, 11) is -4.22. The van der Waals surface area contributed by atoms with E-state index >= 15 is 8.78 Å². The van der Waals surface area contributed by atoms with E-state index in [4.69, 9.17) is 0 Å². The number of allylic oxidation sites excluding steroid dienone is 2. The Labute approximate surface area is 201 Å². The molecule has 0 saturated carbocycles. The Morgan fingerprint density at radius 3 is 0.974 bits per heavy atom. The van der Waals surface area contributed by atoms with Gasteiger partial charge in [0.2, 0.25) is 5.83 Å². The van der Waals surface area contributed by atoms with E-state index in [2.05, 4.69) is 0 Å².